The second-order valence-corrected chi connectivity index (χ2v) is 5.47. The van der Waals surface area contributed by atoms with Crippen LogP contribution in [0.2, 0.25) is 0 Å². The highest BCUT2D eigenvalue weighted by Crippen LogP contribution is 2.36. The molecule has 3 heteroatoms. The lowest BCUT2D eigenvalue weighted by Crippen LogP contribution is -1.88. The zero-order chi connectivity index (χ0) is 10.1. The van der Waals surface area contributed by atoms with Gasteiger partial charge in [-0.05, 0) is 41.1 Å². The fourth-order valence-electron chi connectivity index (χ4n) is 1.64. The quantitative estimate of drug-likeness (QED) is 0.563. The van der Waals surface area contributed by atoms with Gasteiger partial charge in [0.1, 0.15) is 0 Å². The van der Waals surface area contributed by atoms with Crippen LogP contribution in [0.15, 0.2) is 22.4 Å². The summed E-state index contributed by atoms with van der Waals surface area (Å²) in [4.78, 5) is 1.44. The number of rotatable bonds is 2. The van der Waals surface area contributed by atoms with Crippen molar-refractivity contribution in [3.8, 4) is 0 Å². The molecular weight excluding hydrogens is 276 g/mol. The average molecular weight is 287 g/mol. The van der Waals surface area contributed by atoms with Gasteiger partial charge in [-0.3, -0.25) is 0 Å². The van der Waals surface area contributed by atoms with Crippen LogP contribution in [0.25, 0.3) is 10.1 Å². The van der Waals surface area contributed by atoms with Crippen molar-refractivity contribution in [2.45, 2.75) is 17.1 Å². The van der Waals surface area contributed by atoms with Gasteiger partial charge in [-0.1, -0.05) is 22.0 Å². The monoisotopic (exact) mass is 286 g/mol. The number of thioether (sulfide) groups is 1. The van der Waals surface area contributed by atoms with Crippen LogP contribution in [0.3, 0.4) is 0 Å². The van der Waals surface area contributed by atoms with Crippen LogP contribution in [0.1, 0.15) is 11.1 Å². The Labute approximate surface area is 101 Å². The summed E-state index contributed by atoms with van der Waals surface area (Å²) in [5.41, 5.74) is 2.82. The molecule has 0 fully saturated rings. The molecule has 74 valence electrons. The summed E-state index contributed by atoms with van der Waals surface area (Å²) in [5, 5.41) is 4.49. The third kappa shape index (κ3) is 1.62. The van der Waals surface area contributed by atoms with E-state index in [-0.39, 0.29) is 0 Å². The van der Waals surface area contributed by atoms with Crippen LogP contribution in [-0.2, 0) is 5.33 Å². The summed E-state index contributed by atoms with van der Waals surface area (Å²) in [6.45, 7) is 2.19. The Hall–Kier alpha value is 0.01000. The van der Waals surface area contributed by atoms with Crippen molar-refractivity contribution in [1.82, 2.24) is 0 Å². The third-order valence-electron chi connectivity index (χ3n) is 2.36. The standard InChI is InChI=1S/C11H11BrS2/c1-7-5-8-3-4-14-10(8)11(13-2)9(7)6-12/h3-5H,6H2,1-2H3. The van der Waals surface area contributed by atoms with Crippen LogP contribution in [0.4, 0.5) is 0 Å². The molecule has 0 aliphatic heterocycles. The first kappa shape index (κ1) is 10.5. The largest absolute Gasteiger partial charge is 0.143 e. The molecule has 0 saturated heterocycles. The summed E-state index contributed by atoms with van der Waals surface area (Å²) in [6.07, 6.45) is 2.15. The van der Waals surface area contributed by atoms with Crippen molar-refractivity contribution in [2.75, 3.05) is 6.26 Å². The molecule has 0 saturated carbocycles. The molecule has 1 aromatic heterocycles. The first-order valence-corrected chi connectivity index (χ1v) is 7.60. The molecule has 0 nitrogen and oxygen atoms in total. The fraction of sp³-hybridized carbons (Fsp3) is 0.273. The van der Waals surface area contributed by atoms with Crippen molar-refractivity contribution >= 4 is 49.1 Å². The van der Waals surface area contributed by atoms with Crippen LogP contribution in [0.5, 0.6) is 0 Å². The molecule has 1 heterocycles. The molecule has 0 N–H and O–H groups in total. The van der Waals surface area contributed by atoms with Crippen LogP contribution >= 0.6 is 39.0 Å². The first-order valence-electron chi connectivity index (χ1n) is 4.37. The van der Waals surface area contributed by atoms with Gasteiger partial charge in [0.05, 0.1) is 0 Å². The molecule has 0 amide bonds. The number of halogens is 1. The number of benzene rings is 1. The summed E-state index contributed by atoms with van der Waals surface area (Å²) in [7, 11) is 0. The second-order valence-electron chi connectivity index (χ2n) is 3.18. The third-order valence-corrected chi connectivity index (χ3v) is 4.86. The minimum absolute atomic E-state index is 0.947. The Balaban J connectivity index is 2.82. The molecule has 2 aromatic rings. The van der Waals surface area contributed by atoms with E-state index in [9.17, 15) is 0 Å². The highest BCUT2D eigenvalue weighted by Gasteiger charge is 2.10. The molecule has 0 bridgehead atoms. The lowest BCUT2D eigenvalue weighted by molar-refractivity contribution is 1.26. The van der Waals surface area contributed by atoms with Gasteiger partial charge in [0, 0.05) is 14.9 Å². The number of hydrogen-bond acceptors (Lipinski definition) is 2. The van der Waals surface area contributed by atoms with Gasteiger partial charge < -0.3 is 0 Å². The Bertz CT molecular complexity index is 460. The van der Waals surface area contributed by atoms with Gasteiger partial charge in [0.15, 0.2) is 0 Å². The Morgan fingerprint density at radius 3 is 2.93 bits per heavy atom. The maximum absolute atomic E-state index is 3.57. The van der Waals surface area contributed by atoms with Gasteiger partial charge in [-0.25, -0.2) is 0 Å². The molecular formula is C11H11BrS2. The average Bonchev–Trinajstić information content (AvgIpc) is 2.62. The predicted octanol–water partition coefficient (Wildman–Crippen LogP) is 4.83. The molecule has 0 spiro atoms. The minimum atomic E-state index is 0.947. The second kappa shape index (κ2) is 4.25. The molecule has 0 atom stereocenters. The van der Waals surface area contributed by atoms with E-state index in [4.69, 9.17) is 0 Å². The smallest absolute Gasteiger partial charge is 0.0481 e. The highest BCUT2D eigenvalue weighted by molar-refractivity contribution is 9.08. The van der Waals surface area contributed by atoms with E-state index in [1.807, 2.05) is 23.1 Å². The Kier molecular flexibility index (Phi) is 3.20. The molecule has 14 heavy (non-hydrogen) atoms. The zero-order valence-corrected chi connectivity index (χ0v) is 11.4. The van der Waals surface area contributed by atoms with Crippen molar-refractivity contribution in [3.63, 3.8) is 0 Å². The summed E-state index contributed by atoms with van der Waals surface area (Å²) in [5.74, 6) is 0. The molecule has 2 rings (SSSR count). The first-order chi connectivity index (χ1) is 6.77. The summed E-state index contributed by atoms with van der Waals surface area (Å²) >= 11 is 7.25. The van der Waals surface area contributed by atoms with E-state index < -0.39 is 0 Å². The maximum atomic E-state index is 3.57. The van der Waals surface area contributed by atoms with E-state index in [1.54, 1.807) is 0 Å². The topological polar surface area (TPSA) is 0 Å². The van der Waals surface area contributed by atoms with Gasteiger partial charge in [-0.15, -0.1) is 23.1 Å². The van der Waals surface area contributed by atoms with E-state index in [0.29, 0.717) is 0 Å². The fourth-order valence-corrected chi connectivity index (χ4v) is 4.57. The predicted molar refractivity (Wildman–Crippen MR) is 71.0 cm³/mol. The number of alkyl halides is 1. The van der Waals surface area contributed by atoms with E-state index in [2.05, 4.69) is 46.6 Å². The maximum Gasteiger partial charge on any atom is 0.0481 e. The molecule has 0 unspecified atom stereocenters. The van der Waals surface area contributed by atoms with Crippen molar-refractivity contribution in [2.24, 2.45) is 0 Å². The number of thiophene rings is 1. The molecule has 0 radical (unpaired) electrons. The van der Waals surface area contributed by atoms with E-state index in [0.717, 1.165) is 5.33 Å². The van der Waals surface area contributed by atoms with Gasteiger partial charge >= 0.3 is 0 Å². The van der Waals surface area contributed by atoms with Gasteiger partial charge in [0.25, 0.3) is 0 Å². The van der Waals surface area contributed by atoms with Gasteiger partial charge in [0.2, 0.25) is 0 Å². The van der Waals surface area contributed by atoms with Crippen LogP contribution in [0, 0.1) is 6.92 Å². The van der Waals surface area contributed by atoms with E-state index in [1.165, 1.54) is 26.1 Å². The zero-order valence-electron chi connectivity index (χ0n) is 8.13. The summed E-state index contributed by atoms with van der Waals surface area (Å²) in [6, 6.07) is 4.48. The van der Waals surface area contributed by atoms with Crippen molar-refractivity contribution in [1.29, 1.82) is 0 Å². The molecule has 1 aromatic carbocycles. The minimum Gasteiger partial charge on any atom is -0.143 e. The lowest BCUT2D eigenvalue weighted by atomic mass is 10.1. The molecule has 0 aliphatic carbocycles. The SMILES string of the molecule is CSc1c(CBr)c(C)cc2ccsc12. The van der Waals surface area contributed by atoms with Crippen molar-refractivity contribution in [3.05, 3.63) is 28.6 Å². The summed E-state index contributed by atoms with van der Waals surface area (Å²) < 4.78 is 1.43. The van der Waals surface area contributed by atoms with Gasteiger partial charge in [-0.2, -0.15) is 0 Å². The van der Waals surface area contributed by atoms with Crippen LogP contribution < -0.4 is 0 Å². The Morgan fingerprint density at radius 2 is 2.29 bits per heavy atom. The number of hydrogen-bond donors (Lipinski definition) is 0. The van der Waals surface area contributed by atoms with E-state index >= 15 is 0 Å². The Morgan fingerprint density at radius 1 is 1.50 bits per heavy atom. The van der Waals surface area contributed by atoms with Crippen molar-refractivity contribution < 1.29 is 0 Å². The lowest BCUT2D eigenvalue weighted by Gasteiger charge is -2.09. The normalized spacial score (nSPS) is 11.1. The van der Waals surface area contributed by atoms with Crippen LogP contribution in [-0.4, -0.2) is 6.26 Å². The molecule has 0 aliphatic rings. The number of aryl methyl sites for hydroxylation is 1. The number of fused-ring (bicyclic) bond motifs is 1. The highest BCUT2D eigenvalue weighted by atomic mass is 79.9.